The van der Waals surface area contributed by atoms with Crippen LogP contribution in [0.25, 0.3) is 0 Å². The first-order valence-electron chi connectivity index (χ1n) is 6.62. The summed E-state index contributed by atoms with van der Waals surface area (Å²) < 4.78 is 5.67. The SMILES string of the molecule is CNC(Cc1cccc(OC)c1)C1(C)CCCS1. The fourth-order valence-corrected chi connectivity index (χ4v) is 4.18. The van der Waals surface area contributed by atoms with Crippen molar-refractivity contribution in [3.05, 3.63) is 29.8 Å². The quantitative estimate of drug-likeness (QED) is 0.884. The molecule has 0 amide bonds. The molecule has 2 nitrogen and oxygen atoms in total. The van der Waals surface area contributed by atoms with E-state index in [4.69, 9.17) is 4.74 Å². The van der Waals surface area contributed by atoms with Gasteiger partial charge in [-0.1, -0.05) is 12.1 Å². The number of nitrogens with one attached hydrogen (secondary N) is 1. The molecule has 1 heterocycles. The molecule has 2 unspecified atom stereocenters. The van der Waals surface area contributed by atoms with Crippen molar-refractivity contribution in [2.24, 2.45) is 0 Å². The van der Waals surface area contributed by atoms with Gasteiger partial charge in [-0.05, 0) is 56.7 Å². The summed E-state index contributed by atoms with van der Waals surface area (Å²) in [6, 6.07) is 8.94. The molecule has 0 aromatic heterocycles. The van der Waals surface area contributed by atoms with Crippen LogP contribution in [-0.2, 0) is 6.42 Å². The lowest BCUT2D eigenvalue weighted by Crippen LogP contribution is -2.45. The summed E-state index contributed by atoms with van der Waals surface area (Å²) in [7, 11) is 3.80. The van der Waals surface area contributed by atoms with E-state index >= 15 is 0 Å². The lowest BCUT2D eigenvalue weighted by Gasteiger charge is -2.33. The standard InChI is InChI=1S/C15H23NOS/c1-15(8-5-9-18-15)14(16-2)11-12-6-4-7-13(10-12)17-3/h4,6-7,10,14,16H,5,8-9,11H2,1-3H3. The van der Waals surface area contributed by atoms with Crippen molar-refractivity contribution < 1.29 is 4.74 Å². The summed E-state index contributed by atoms with van der Waals surface area (Å²) in [5, 5.41) is 3.51. The topological polar surface area (TPSA) is 21.3 Å². The summed E-state index contributed by atoms with van der Waals surface area (Å²) in [6.45, 7) is 2.39. The molecule has 2 atom stereocenters. The Kier molecular flexibility index (Phi) is 4.57. The number of ether oxygens (including phenoxy) is 1. The number of methoxy groups -OCH3 is 1. The van der Waals surface area contributed by atoms with Gasteiger partial charge in [0.2, 0.25) is 0 Å². The molecule has 1 aromatic carbocycles. The zero-order chi connectivity index (χ0) is 13.0. The Labute approximate surface area is 114 Å². The van der Waals surface area contributed by atoms with Crippen LogP contribution in [0.2, 0.25) is 0 Å². The molecule has 0 bridgehead atoms. The molecule has 1 aliphatic rings. The molecule has 1 N–H and O–H groups in total. The zero-order valence-corrected chi connectivity index (χ0v) is 12.3. The molecule has 18 heavy (non-hydrogen) atoms. The van der Waals surface area contributed by atoms with E-state index in [-0.39, 0.29) is 0 Å². The first-order valence-corrected chi connectivity index (χ1v) is 7.60. The van der Waals surface area contributed by atoms with E-state index in [2.05, 4.69) is 49.2 Å². The van der Waals surface area contributed by atoms with Gasteiger partial charge >= 0.3 is 0 Å². The molecule has 1 aromatic rings. The molecule has 0 spiro atoms. The van der Waals surface area contributed by atoms with Gasteiger partial charge < -0.3 is 10.1 Å². The summed E-state index contributed by atoms with van der Waals surface area (Å²) in [5.74, 6) is 2.25. The van der Waals surface area contributed by atoms with E-state index in [1.54, 1.807) is 7.11 Å². The molecule has 3 heteroatoms. The van der Waals surface area contributed by atoms with E-state index in [0.717, 1.165) is 12.2 Å². The molecule has 0 saturated carbocycles. The monoisotopic (exact) mass is 265 g/mol. The first kappa shape index (κ1) is 13.8. The summed E-state index contributed by atoms with van der Waals surface area (Å²) in [4.78, 5) is 0. The van der Waals surface area contributed by atoms with Gasteiger partial charge in [0.15, 0.2) is 0 Å². The maximum absolute atomic E-state index is 5.30. The molecular formula is C15H23NOS. The second-order valence-electron chi connectivity index (χ2n) is 5.16. The van der Waals surface area contributed by atoms with Crippen LogP contribution < -0.4 is 10.1 Å². The van der Waals surface area contributed by atoms with Crippen LogP contribution in [0.15, 0.2) is 24.3 Å². The Balaban J connectivity index is 2.09. The van der Waals surface area contributed by atoms with Crippen LogP contribution >= 0.6 is 11.8 Å². The van der Waals surface area contributed by atoms with Crippen molar-refractivity contribution in [2.45, 2.75) is 37.0 Å². The van der Waals surface area contributed by atoms with Gasteiger partial charge in [0, 0.05) is 10.8 Å². The molecule has 1 aliphatic heterocycles. The summed E-state index contributed by atoms with van der Waals surface area (Å²) in [5.41, 5.74) is 1.35. The molecule has 2 rings (SSSR count). The number of thioether (sulfide) groups is 1. The van der Waals surface area contributed by atoms with Crippen LogP contribution in [0.3, 0.4) is 0 Å². The molecule has 0 aliphatic carbocycles. The largest absolute Gasteiger partial charge is 0.497 e. The normalized spacial score (nSPS) is 25.1. The highest BCUT2D eigenvalue weighted by molar-refractivity contribution is 8.00. The number of hydrogen-bond acceptors (Lipinski definition) is 3. The average Bonchev–Trinajstić information content (AvgIpc) is 2.84. The maximum Gasteiger partial charge on any atom is 0.119 e. The Morgan fingerprint density at radius 3 is 2.94 bits per heavy atom. The van der Waals surface area contributed by atoms with Gasteiger partial charge in [-0.3, -0.25) is 0 Å². The highest BCUT2D eigenvalue weighted by Crippen LogP contribution is 2.41. The smallest absolute Gasteiger partial charge is 0.119 e. The molecular weight excluding hydrogens is 242 g/mol. The van der Waals surface area contributed by atoms with Gasteiger partial charge in [-0.15, -0.1) is 0 Å². The van der Waals surface area contributed by atoms with Crippen LogP contribution in [0.5, 0.6) is 5.75 Å². The minimum atomic E-state index is 0.373. The Bertz CT molecular complexity index is 388. The fourth-order valence-electron chi connectivity index (χ4n) is 2.73. The number of rotatable bonds is 5. The average molecular weight is 265 g/mol. The Morgan fingerprint density at radius 1 is 1.50 bits per heavy atom. The van der Waals surface area contributed by atoms with Crippen molar-refractivity contribution in [2.75, 3.05) is 19.9 Å². The number of hydrogen-bond donors (Lipinski definition) is 1. The van der Waals surface area contributed by atoms with Crippen molar-refractivity contribution in [3.63, 3.8) is 0 Å². The van der Waals surface area contributed by atoms with Crippen molar-refractivity contribution in [1.82, 2.24) is 5.32 Å². The predicted octanol–water partition coefficient (Wildman–Crippen LogP) is 3.11. The van der Waals surface area contributed by atoms with Gasteiger partial charge in [-0.2, -0.15) is 11.8 Å². The highest BCUT2D eigenvalue weighted by Gasteiger charge is 2.36. The second kappa shape index (κ2) is 5.98. The van der Waals surface area contributed by atoms with E-state index in [0.29, 0.717) is 10.8 Å². The van der Waals surface area contributed by atoms with Crippen molar-refractivity contribution in [3.8, 4) is 5.75 Å². The number of benzene rings is 1. The van der Waals surface area contributed by atoms with Crippen LogP contribution in [0.4, 0.5) is 0 Å². The zero-order valence-electron chi connectivity index (χ0n) is 11.5. The highest BCUT2D eigenvalue weighted by atomic mass is 32.2. The van der Waals surface area contributed by atoms with Gasteiger partial charge in [-0.25, -0.2) is 0 Å². The maximum atomic E-state index is 5.30. The molecule has 1 fully saturated rings. The third-order valence-electron chi connectivity index (χ3n) is 3.91. The Morgan fingerprint density at radius 2 is 2.33 bits per heavy atom. The van der Waals surface area contributed by atoms with E-state index in [1.165, 1.54) is 24.2 Å². The summed E-state index contributed by atoms with van der Waals surface area (Å²) >= 11 is 2.11. The molecule has 0 radical (unpaired) electrons. The third-order valence-corrected chi connectivity index (χ3v) is 5.55. The fraction of sp³-hybridized carbons (Fsp3) is 0.600. The van der Waals surface area contributed by atoms with Gasteiger partial charge in [0.05, 0.1) is 7.11 Å². The Hall–Kier alpha value is -0.670. The van der Waals surface area contributed by atoms with Crippen LogP contribution in [0.1, 0.15) is 25.3 Å². The van der Waals surface area contributed by atoms with Gasteiger partial charge in [0.1, 0.15) is 5.75 Å². The third kappa shape index (κ3) is 3.01. The van der Waals surface area contributed by atoms with Crippen LogP contribution in [-0.4, -0.2) is 30.7 Å². The lowest BCUT2D eigenvalue weighted by atomic mass is 9.91. The van der Waals surface area contributed by atoms with Crippen molar-refractivity contribution >= 4 is 11.8 Å². The molecule has 100 valence electrons. The second-order valence-corrected chi connectivity index (χ2v) is 6.79. The molecule has 1 saturated heterocycles. The minimum absolute atomic E-state index is 0.373. The summed E-state index contributed by atoms with van der Waals surface area (Å²) in [6.07, 6.45) is 3.72. The first-order chi connectivity index (χ1) is 8.68. The van der Waals surface area contributed by atoms with E-state index in [9.17, 15) is 0 Å². The van der Waals surface area contributed by atoms with E-state index in [1.807, 2.05) is 6.07 Å². The number of likely N-dealkylation sites (N-methyl/N-ethyl adjacent to an activating group) is 1. The lowest BCUT2D eigenvalue weighted by molar-refractivity contribution is 0.409. The van der Waals surface area contributed by atoms with Gasteiger partial charge in [0.25, 0.3) is 0 Å². The van der Waals surface area contributed by atoms with E-state index < -0.39 is 0 Å². The van der Waals surface area contributed by atoms with Crippen molar-refractivity contribution in [1.29, 1.82) is 0 Å². The van der Waals surface area contributed by atoms with Crippen LogP contribution in [0, 0.1) is 0 Å². The minimum Gasteiger partial charge on any atom is -0.497 e. The predicted molar refractivity (Wildman–Crippen MR) is 79.6 cm³/mol.